The molecule has 1 aliphatic carbocycles. The van der Waals surface area contributed by atoms with E-state index in [0.717, 1.165) is 10.4 Å². The van der Waals surface area contributed by atoms with E-state index in [1.165, 1.54) is 31.4 Å². The molecule has 2 aromatic carbocycles. The van der Waals surface area contributed by atoms with Crippen molar-refractivity contribution in [3.05, 3.63) is 63.7 Å². The Kier molecular flexibility index (Phi) is 8.24. The molecule has 43 heavy (non-hydrogen) atoms. The van der Waals surface area contributed by atoms with E-state index in [-0.39, 0.29) is 37.2 Å². The van der Waals surface area contributed by atoms with Crippen molar-refractivity contribution in [1.82, 2.24) is 4.31 Å². The van der Waals surface area contributed by atoms with Crippen molar-refractivity contribution in [1.29, 1.82) is 0 Å². The molecule has 1 spiro atoms. The van der Waals surface area contributed by atoms with Gasteiger partial charge in [-0.1, -0.05) is 38.0 Å². The summed E-state index contributed by atoms with van der Waals surface area (Å²) in [6, 6.07) is 7.23. The number of para-hydroxylation sites is 1. The van der Waals surface area contributed by atoms with E-state index in [1.807, 2.05) is 13.8 Å². The standard InChI is InChI=1S/C30H32N2O10S/c1-5-6-13-31(43(36,37)27-10-8-7-9-23(27)32(34)35)24-16-30(41-17-29(2,3)18-42-30)12-11-20(24)21-14-25-26(40-19-39-25)15-22(21)28(33)38-4/h7-11,14-15,24H,12-13,16-19H2,1-4H3. The molecule has 1 fully saturated rings. The number of carbonyl (C=O) groups is 1. The van der Waals surface area contributed by atoms with Crippen LogP contribution in [0.15, 0.2) is 47.4 Å². The van der Waals surface area contributed by atoms with Gasteiger partial charge in [0, 0.05) is 24.3 Å². The SMILES string of the molecule is CC#CCN(C1CC2(CC=C1c1cc3c(cc1C(=O)OC)OCO3)OCC(C)(C)CO2)S(=O)(=O)c1ccccc1[N+](=O)[O-]. The van der Waals surface area contributed by atoms with Crippen LogP contribution in [0.25, 0.3) is 5.57 Å². The highest BCUT2D eigenvalue weighted by Gasteiger charge is 2.49. The van der Waals surface area contributed by atoms with Crippen molar-refractivity contribution in [2.24, 2.45) is 5.41 Å². The van der Waals surface area contributed by atoms with Gasteiger partial charge < -0.3 is 23.7 Å². The van der Waals surface area contributed by atoms with Crippen LogP contribution >= 0.6 is 0 Å². The van der Waals surface area contributed by atoms with Gasteiger partial charge in [0.15, 0.2) is 22.2 Å². The number of nitro benzene ring substituents is 1. The molecule has 0 radical (unpaired) electrons. The minimum atomic E-state index is -4.55. The van der Waals surface area contributed by atoms with Crippen molar-refractivity contribution < 1.29 is 41.8 Å². The zero-order chi connectivity index (χ0) is 31.0. The van der Waals surface area contributed by atoms with Crippen LogP contribution in [0.5, 0.6) is 11.5 Å². The van der Waals surface area contributed by atoms with Crippen molar-refractivity contribution >= 4 is 27.3 Å². The summed E-state index contributed by atoms with van der Waals surface area (Å²) in [5.74, 6) is 4.41. The van der Waals surface area contributed by atoms with Crippen LogP contribution < -0.4 is 9.47 Å². The van der Waals surface area contributed by atoms with Crippen LogP contribution in [0.2, 0.25) is 0 Å². The zero-order valence-corrected chi connectivity index (χ0v) is 25.1. The molecule has 1 unspecified atom stereocenters. The van der Waals surface area contributed by atoms with E-state index < -0.39 is 43.3 Å². The lowest BCUT2D eigenvalue weighted by Crippen LogP contribution is -2.54. The largest absolute Gasteiger partial charge is 0.465 e. The highest BCUT2D eigenvalue weighted by molar-refractivity contribution is 7.89. The van der Waals surface area contributed by atoms with Crippen molar-refractivity contribution in [3.8, 4) is 23.3 Å². The topological polar surface area (TPSA) is 144 Å². The Balaban J connectivity index is 1.71. The van der Waals surface area contributed by atoms with Gasteiger partial charge in [0.1, 0.15) is 0 Å². The number of nitrogens with zero attached hydrogens (tertiary/aromatic N) is 2. The Morgan fingerprint density at radius 1 is 1.16 bits per heavy atom. The summed E-state index contributed by atoms with van der Waals surface area (Å²) < 4.78 is 58.6. The summed E-state index contributed by atoms with van der Waals surface area (Å²) in [6.07, 6.45) is 2.05. The molecular formula is C30H32N2O10S. The minimum absolute atomic E-state index is 0.0230. The molecule has 1 saturated heterocycles. The number of ether oxygens (including phenoxy) is 5. The van der Waals surface area contributed by atoms with E-state index in [4.69, 9.17) is 23.7 Å². The van der Waals surface area contributed by atoms with Gasteiger partial charge in [0.2, 0.25) is 6.79 Å². The van der Waals surface area contributed by atoms with E-state index in [0.29, 0.717) is 35.8 Å². The quantitative estimate of drug-likeness (QED) is 0.194. The van der Waals surface area contributed by atoms with Crippen LogP contribution in [0.4, 0.5) is 5.69 Å². The third-order valence-electron chi connectivity index (χ3n) is 7.59. The molecular weight excluding hydrogens is 580 g/mol. The van der Waals surface area contributed by atoms with E-state index in [9.17, 15) is 23.3 Å². The Hall–Kier alpha value is -3.96. The number of benzene rings is 2. The van der Waals surface area contributed by atoms with Crippen LogP contribution in [0, 0.1) is 27.4 Å². The number of rotatable bonds is 7. The highest BCUT2D eigenvalue weighted by Crippen LogP contribution is 2.47. The van der Waals surface area contributed by atoms with Crippen molar-refractivity contribution in [2.45, 2.75) is 50.3 Å². The lowest BCUT2D eigenvalue weighted by molar-refractivity contribution is -0.387. The van der Waals surface area contributed by atoms with Gasteiger partial charge in [-0.3, -0.25) is 10.1 Å². The maximum atomic E-state index is 14.4. The molecule has 2 aliphatic heterocycles. The summed E-state index contributed by atoms with van der Waals surface area (Å²) in [5, 5.41) is 11.9. The summed E-state index contributed by atoms with van der Waals surface area (Å²) in [7, 11) is -3.31. The number of methoxy groups -OCH3 is 1. The first-order chi connectivity index (χ1) is 20.4. The highest BCUT2D eigenvalue weighted by atomic mass is 32.2. The fraction of sp³-hybridized carbons (Fsp3) is 0.433. The molecule has 13 heteroatoms. The number of hydrogen-bond donors (Lipinski definition) is 0. The third-order valence-corrected chi connectivity index (χ3v) is 9.49. The van der Waals surface area contributed by atoms with Gasteiger partial charge in [-0.05, 0) is 36.3 Å². The van der Waals surface area contributed by atoms with Gasteiger partial charge >= 0.3 is 5.97 Å². The first kappa shape index (κ1) is 30.5. The number of sulfonamides is 1. The van der Waals surface area contributed by atoms with Crippen LogP contribution in [-0.2, 0) is 24.2 Å². The lowest BCUT2D eigenvalue weighted by Gasteiger charge is -2.48. The molecule has 0 bridgehead atoms. The first-order valence-electron chi connectivity index (χ1n) is 13.6. The van der Waals surface area contributed by atoms with Gasteiger partial charge in [-0.2, -0.15) is 4.31 Å². The molecule has 228 valence electrons. The summed E-state index contributed by atoms with van der Waals surface area (Å²) in [6.45, 7) is 5.95. The molecule has 0 saturated carbocycles. The molecule has 2 heterocycles. The number of esters is 1. The maximum absolute atomic E-state index is 14.4. The predicted molar refractivity (Wildman–Crippen MR) is 154 cm³/mol. The number of fused-ring (bicyclic) bond motifs is 1. The summed E-state index contributed by atoms with van der Waals surface area (Å²) >= 11 is 0. The second-order valence-electron chi connectivity index (χ2n) is 11.2. The number of hydrogen-bond acceptors (Lipinski definition) is 10. The average Bonchev–Trinajstić information content (AvgIpc) is 3.46. The van der Waals surface area contributed by atoms with Gasteiger partial charge in [-0.15, -0.1) is 5.92 Å². The minimum Gasteiger partial charge on any atom is -0.465 e. The van der Waals surface area contributed by atoms with Crippen LogP contribution in [-0.4, -0.2) is 69.1 Å². The van der Waals surface area contributed by atoms with E-state index >= 15 is 0 Å². The predicted octanol–water partition coefficient (Wildman–Crippen LogP) is 4.14. The Morgan fingerprint density at radius 2 is 1.84 bits per heavy atom. The normalized spacial score (nSPS) is 20.2. The fourth-order valence-electron chi connectivity index (χ4n) is 5.34. The van der Waals surface area contributed by atoms with Crippen LogP contribution in [0.3, 0.4) is 0 Å². The van der Waals surface area contributed by atoms with Crippen LogP contribution in [0.1, 0.15) is 49.5 Å². The second kappa shape index (κ2) is 11.6. The third kappa shape index (κ3) is 5.83. The molecule has 5 rings (SSSR count). The van der Waals surface area contributed by atoms with E-state index in [2.05, 4.69) is 11.8 Å². The van der Waals surface area contributed by atoms with Gasteiger partial charge in [-0.25, -0.2) is 13.2 Å². The first-order valence-corrected chi connectivity index (χ1v) is 15.0. The molecule has 0 amide bonds. The summed E-state index contributed by atoms with van der Waals surface area (Å²) in [5.41, 5.74) is 0.110. The molecule has 3 aliphatic rings. The number of nitro groups is 1. The van der Waals surface area contributed by atoms with E-state index in [1.54, 1.807) is 19.1 Å². The molecule has 0 N–H and O–H groups in total. The number of carbonyl (C=O) groups excluding carboxylic acids is 1. The molecule has 12 nitrogen and oxygen atoms in total. The zero-order valence-electron chi connectivity index (χ0n) is 24.2. The smallest absolute Gasteiger partial charge is 0.338 e. The summed E-state index contributed by atoms with van der Waals surface area (Å²) in [4.78, 5) is 23.7. The fourth-order valence-corrected chi connectivity index (χ4v) is 7.01. The van der Waals surface area contributed by atoms with Crippen molar-refractivity contribution in [3.63, 3.8) is 0 Å². The second-order valence-corrected chi connectivity index (χ2v) is 13.0. The van der Waals surface area contributed by atoms with Gasteiger partial charge in [0.25, 0.3) is 15.7 Å². The molecule has 2 aromatic rings. The Labute approximate surface area is 249 Å². The lowest BCUT2D eigenvalue weighted by atomic mass is 9.82. The average molecular weight is 613 g/mol. The maximum Gasteiger partial charge on any atom is 0.338 e. The Bertz CT molecular complexity index is 1640. The Morgan fingerprint density at radius 3 is 2.49 bits per heavy atom. The van der Waals surface area contributed by atoms with Crippen molar-refractivity contribution in [2.75, 3.05) is 33.7 Å². The van der Waals surface area contributed by atoms with Gasteiger partial charge in [0.05, 0.1) is 43.4 Å². The molecule has 0 aromatic heterocycles. The molecule has 1 atom stereocenters. The monoisotopic (exact) mass is 612 g/mol.